The van der Waals surface area contributed by atoms with Gasteiger partial charge in [-0.2, -0.15) is 40.1 Å². The second kappa shape index (κ2) is 22.0. The lowest BCUT2D eigenvalue weighted by Crippen LogP contribution is -2.45. The molecule has 24 nitrogen and oxygen atoms in total. The Bertz CT molecular complexity index is 2680. The smallest absolute Gasteiger partial charge is 0.270 e. The predicted octanol–water partition coefficient (Wildman–Crippen LogP) is 5.79. The molecule has 66 heavy (non-hydrogen) atoms. The van der Waals surface area contributed by atoms with Crippen LogP contribution in [0.3, 0.4) is 0 Å². The number of nitrogens with one attached hydrogen (secondary N) is 4. The Kier molecular flexibility index (Phi) is 15.6. The summed E-state index contributed by atoms with van der Waals surface area (Å²) in [5.74, 6) is 2.99. The Labute approximate surface area is 378 Å². The molecule has 6 aromatic rings. The summed E-state index contributed by atoms with van der Waals surface area (Å²) in [7, 11) is 8.80. The van der Waals surface area contributed by atoms with Crippen molar-refractivity contribution >= 4 is 70.9 Å². The van der Waals surface area contributed by atoms with Crippen molar-refractivity contribution < 1.29 is 24.4 Å². The van der Waals surface area contributed by atoms with Gasteiger partial charge in [-0.1, -0.05) is 17.7 Å². The maximum atomic E-state index is 10.9. The van der Waals surface area contributed by atoms with Crippen LogP contribution in [0.2, 0.25) is 0 Å². The largest absolute Gasteiger partial charge is 0.507 e. The van der Waals surface area contributed by atoms with Gasteiger partial charge in [-0.3, -0.25) is 20.2 Å². The van der Waals surface area contributed by atoms with Crippen molar-refractivity contribution in [2.24, 2.45) is 10.2 Å². The first-order valence-corrected chi connectivity index (χ1v) is 20.0. The van der Waals surface area contributed by atoms with Crippen molar-refractivity contribution in [3.05, 3.63) is 122 Å². The molecule has 1 aliphatic heterocycles. The maximum absolute atomic E-state index is 10.9. The Balaban J connectivity index is 0.000000222. The molecule has 4 aromatic carbocycles. The van der Waals surface area contributed by atoms with Crippen LogP contribution in [0.15, 0.2) is 95.1 Å². The number of nitro benzene ring substituents is 2. The first kappa shape index (κ1) is 46.7. The van der Waals surface area contributed by atoms with Gasteiger partial charge in [0.1, 0.15) is 5.75 Å². The number of rotatable bonds is 16. The fourth-order valence-corrected chi connectivity index (χ4v) is 5.87. The summed E-state index contributed by atoms with van der Waals surface area (Å²) >= 11 is 0. The Morgan fingerprint density at radius 1 is 0.682 bits per heavy atom. The van der Waals surface area contributed by atoms with E-state index in [2.05, 4.69) is 78.4 Å². The third kappa shape index (κ3) is 13.1. The van der Waals surface area contributed by atoms with Gasteiger partial charge in [0.05, 0.1) is 36.5 Å². The number of nitrogens with zero attached hydrogens (tertiary/aromatic N) is 13. The molecule has 1 saturated heterocycles. The van der Waals surface area contributed by atoms with Gasteiger partial charge < -0.3 is 39.9 Å². The fraction of sp³-hybridized carbons (Fsp3) is 0.238. The number of aromatic hydroxyl groups is 1. The van der Waals surface area contributed by atoms with Gasteiger partial charge >= 0.3 is 0 Å². The van der Waals surface area contributed by atoms with E-state index in [1.54, 1.807) is 63.7 Å². The number of hydrazone groups is 2. The molecule has 1 fully saturated rings. The van der Waals surface area contributed by atoms with Gasteiger partial charge in [-0.15, -0.1) is 0 Å². The van der Waals surface area contributed by atoms with E-state index >= 15 is 0 Å². The third-order valence-electron chi connectivity index (χ3n) is 9.45. The number of aromatic nitrogens is 6. The first-order valence-electron chi connectivity index (χ1n) is 20.0. The number of benzene rings is 4. The van der Waals surface area contributed by atoms with E-state index in [1.807, 2.05) is 37.3 Å². The van der Waals surface area contributed by atoms with Gasteiger partial charge in [0.2, 0.25) is 35.7 Å². The Morgan fingerprint density at radius 3 is 1.83 bits per heavy atom. The summed E-state index contributed by atoms with van der Waals surface area (Å²) in [5.41, 5.74) is 8.89. The Hall–Kier alpha value is -8.80. The third-order valence-corrected chi connectivity index (χ3v) is 9.45. The molecule has 0 radical (unpaired) electrons. The number of nitro groups is 2. The van der Waals surface area contributed by atoms with Crippen LogP contribution in [-0.2, 0) is 0 Å². The number of piperazine rings is 1. The van der Waals surface area contributed by atoms with E-state index in [0.29, 0.717) is 35.0 Å². The van der Waals surface area contributed by atoms with E-state index in [1.165, 1.54) is 36.5 Å². The summed E-state index contributed by atoms with van der Waals surface area (Å²) in [5, 5.41) is 46.1. The maximum Gasteiger partial charge on any atom is 0.270 e. The van der Waals surface area contributed by atoms with Crippen molar-refractivity contribution in [3.63, 3.8) is 0 Å². The second-order valence-corrected chi connectivity index (χ2v) is 14.5. The standard InChI is InChI=1S/C23H27N9O4.C19H20N8O3/c1-30-10-12-31(13-11-30)23-27-21(25-17-5-7-18(8-6-17)32(33)34)26-22(28-23)29-24-15-16-4-9-19(35-2)20(14-16)36-3;1-12-4-6-14(7-5-12)21-17-22-18(24-19(23-17)26(2)3)25-20-11-13-10-15(27(29)30)8-9-16(13)28/h4-9,14-15H,10-13H2,1-3H3,(H2,25,26,27,28,29);4-11,28H,1-3H3,(H2,21,22,23,24,25)/b24-15+;20-11+. The minimum Gasteiger partial charge on any atom is -0.507 e. The normalized spacial score (nSPS) is 12.5. The number of phenols is 1. The topological polar surface area (TPSA) is 285 Å². The highest BCUT2D eigenvalue weighted by molar-refractivity contribution is 5.85. The lowest BCUT2D eigenvalue weighted by Gasteiger charge is -2.32. The number of aryl methyl sites for hydroxylation is 1. The number of methoxy groups -OCH3 is 2. The molecule has 0 amide bonds. The zero-order valence-corrected chi connectivity index (χ0v) is 36.8. The lowest BCUT2D eigenvalue weighted by atomic mass is 10.2. The molecule has 0 unspecified atom stereocenters. The molecule has 0 spiro atoms. The van der Waals surface area contributed by atoms with E-state index in [0.717, 1.165) is 43.0 Å². The van der Waals surface area contributed by atoms with Gasteiger partial charge in [0.25, 0.3) is 11.4 Å². The lowest BCUT2D eigenvalue weighted by molar-refractivity contribution is -0.385. The SMILES string of the molecule is COc1ccc(/C=N/Nc2nc(Nc3ccc([N+](=O)[O-])cc3)nc(N3CCN(C)CC3)n2)cc1OC.Cc1ccc(Nc2nc(N/N=C/c3cc([N+](=O)[O-])ccc3O)nc(N(C)C)n2)cc1. The molecule has 0 atom stereocenters. The number of non-ortho nitro benzene ring substituents is 2. The van der Waals surface area contributed by atoms with Crippen LogP contribution in [-0.4, -0.2) is 124 Å². The minimum atomic E-state index is -0.553. The predicted molar refractivity (Wildman–Crippen MR) is 251 cm³/mol. The fourth-order valence-electron chi connectivity index (χ4n) is 5.87. The van der Waals surface area contributed by atoms with Crippen LogP contribution in [0.5, 0.6) is 17.2 Å². The molecule has 3 heterocycles. The quantitative estimate of drug-likeness (QED) is 0.0436. The van der Waals surface area contributed by atoms with Gasteiger partial charge in [0.15, 0.2) is 11.5 Å². The van der Waals surface area contributed by atoms with Crippen molar-refractivity contribution in [3.8, 4) is 17.2 Å². The summed E-state index contributed by atoms with van der Waals surface area (Å²) in [4.78, 5) is 53.2. The molecule has 342 valence electrons. The molecule has 0 bridgehead atoms. The molecular formula is C42H47N17O7. The van der Waals surface area contributed by atoms with Crippen LogP contribution in [0.25, 0.3) is 0 Å². The van der Waals surface area contributed by atoms with Crippen molar-refractivity contribution in [2.75, 3.05) is 92.8 Å². The van der Waals surface area contributed by atoms with Crippen LogP contribution in [0.4, 0.5) is 58.4 Å². The molecule has 2 aromatic heterocycles. The molecule has 1 aliphatic rings. The van der Waals surface area contributed by atoms with Gasteiger partial charge in [0, 0.05) is 81.5 Å². The molecular weight excluding hydrogens is 855 g/mol. The Morgan fingerprint density at radius 2 is 1.23 bits per heavy atom. The molecule has 0 aliphatic carbocycles. The number of anilines is 8. The van der Waals surface area contributed by atoms with Crippen LogP contribution in [0.1, 0.15) is 16.7 Å². The molecule has 5 N–H and O–H groups in total. The average molecular weight is 902 g/mol. The van der Waals surface area contributed by atoms with E-state index in [4.69, 9.17) is 9.47 Å². The highest BCUT2D eigenvalue weighted by Crippen LogP contribution is 2.27. The van der Waals surface area contributed by atoms with E-state index in [-0.39, 0.29) is 40.5 Å². The zero-order chi connectivity index (χ0) is 47.2. The summed E-state index contributed by atoms with van der Waals surface area (Å²) < 4.78 is 10.6. The number of hydrogen-bond acceptors (Lipinski definition) is 22. The summed E-state index contributed by atoms with van der Waals surface area (Å²) in [6.07, 6.45) is 2.86. The van der Waals surface area contributed by atoms with Crippen molar-refractivity contribution in [2.45, 2.75) is 6.92 Å². The number of phenolic OH excluding ortho intramolecular Hbond substituents is 1. The number of hydrogen-bond donors (Lipinski definition) is 5. The number of likely N-dealkylation sites (N-methyl/N-ethyl adjacent to an activating group) is 1. The van der Waals surface area contributed by atoms with E-state index < -0.39 is 9.85 Å². The van der Waals surface area contributed by atoms with Crippen molar-refractivity contribution in [1.29, 1.82) is 0 Å². The first-order chi connectivity index (χ1) is 31.8. The average Bonchev–Trinajstić information content (AvgIpc) is 3.30. The minimum absolute atomic E-state index is 0.00109. The van der Waals surface area contributed by atoms with Crippen LogP contribution in [0, 0.1) is 27.2 Å². The second-order valence-electron chi connectivity index (χ2n) is 14.5. The molecule has 0 saturated carbocycles. The highest BCUT2D eigenvalue weighted by Gasteiger charge is 2.19. The van der Waals surface area contributed by atoms with Crippen molar-refractivity contribution in [1.82, 2.24) is 34.8 Å². The monoisotopic (exact) mass is 901 g/mol. The highest BCUT2D eigenvalue weighted by atomic mass is 16.6. The van der Waals surface area contributed by atoms with Crippen LogP contribution < -0.4 is 40.8 Å². The van der Waals surface area contributed by atoms with Gasteiger partial charge in [-0.05, 0) is 68.1 Å². The van der Waals surface area contributed by atoms with Crippen LogP contribution >= 0.6 is 0 Å². The van der Waals surface area contributed by atoms with E-state index in [9.17, 15) is 25.3 Å². The summed E-state index contributed by atoms with van der Waals surface area (Å²) in [6.45, 7) is 5.31. The molecule has 24 heteroatoms. The summed E-state index contributed by atoms with van der Waals surface area (Å²) in [6, 6.07) is 22.9. The van der Waals surface area contributed by atoms with Gasteiger partial charge in [-0.25, -0.2) is 10.9 Å². The number of ether oxygens (including phenoxy) is 2. The molecule has 7 rings (SSSR count). The zero-order valence-electron chi connectivity index (χ0n) is 36.8.